The summed E-state index contributed by atoms with van der Waals surface area (Å²) in [6.45, 7) is 4.68. The molecule has 0 radical (unpaired) electrons. The molecule has 25 heavy (non-hydrogen) atoms. The van der Waals surface area contributed by atoms with Crippen LogP contribution in [0.15, 0.2) is 24.3 Å². The average molecular weight is 344 g/mol. The molecule has 4 heteroatoms. The summed E-state index contributed by atoms with van der Waals surface area (Å²) in [7, 11) is 0. The molecule has 2 atom stereocenters. The van der Waals surface area contributed by atoms with E-state index in [4.69, 9.17) is 4.74 Å². The number of anilines is 1. The maximum Gasteiger partial charge on any atom is 0.321 e. The Morgan fingerprint density at radius 1 is 1.16 bits per heavy atom. The highest BCUT2D eigenvalue weighted by Crippen LogP contribution is 2.26. The molecule has 2 amide bonds. The summed E-state index contributed by atoms with van der Waals surface area (Å²) in [6.07, 6.45) is 10.0. The van der Waals surface area contributed by atoms with Crippen LogP contribution in [0.1, 0.15) is 63.9 Å². The Morgan fingerprint density at radius 3 is 2.72 bits per heavy atom. The molecule has 2 aliphatic rings. The average Bonchev–Trinajstić information content (AvgIpc) is 2.90. The first-order chi connectivity index (χ1) is 12.2. The minimum atomic E-state index is 0.0288. The molecule has 0 aromatic heterocycles. The first-order valence-electron chi connectivity index (χ1n) is 9.97. The quantitative estimate of drug-likeness (QED) is 0.816. The first kappa shape index (κ1) is 18.2. The van der Waals surface area contributed by atoms with E-state index < -0.39 is 0 Å². The standard InChI is InChI=1S/C21H32N2O2/c1-17-8-6-11-20(14-17)25-16-18-9-7-10-19(15-18)22-21(24)23-12-4-2-3-5-13-23/h7,9-10,15,17,20H,2-6,8,11-14,16H2,1H3,(H,22,24)/t17-,20+/m1/s1. The van der Waals surface area contributed by atoms with Gasteiger partial charge in [0.2, 0.25) is 0 Å². The normalized spacial score (nSPS) is 24.6. The number of hydrogen-bond donors (Lipinski definition) is 1. The van der Waals surface area contributed by atoms with Crippen LogP contribution in [0.2, 0.25) is 0 Å². The maximum atomic E-state index is 12.5. The topological polar surface area (TPSA) is 41.6 Å². The minimum Gasteiger partial charge on any atom is -0.374 e. The fraction of sp³-hybridized carbons (Fsp3) is 0.667. The zero-order valence-corrected chi connectivity index (χ0v) is 15.5. The predicted molar refractivity (Wildman–Crippen MR) is 102 cm³/mol. The highest BCUT2D eigenvalue weighted by Gasteiger charge is 2.19. The number of carbonyl (C=O) groups excluding carboxylic acids is 1. The number of hydrogen-bond acceptors (Lipinski definition) is 2. The Labute approximate surface area is 151 Å². The number of ether oxygens (including phenoxy) is 1. The number of nitrogens with one attached hydrogen (secondary N) is 1. The Morgan fingerprint density at radius 2 is 1.96 bits per heavy atom. The molecule has 1 heterocycles. The molecule has 1 saturated heterocycles. The molecule has 4 nitrogen and oxygen atoms in total. The van der Waals surface area contributed by atoms with E-state index in [1.54, 1.807) is 0 Å². The lowest BCUT2D eigenvalue weighted by Crippen LogP contribution is -2.35. The first-order valence-corrected chi connectivity index (χ1v) is 9.97. The second kappa shape index (κ2) is 9.23. The number of amides is 2. The molecular formula is C21H32N2O2. The van der Waals surface area contributed by atoms with Gasteiger partial charge in [-0.25, -0.2) is 4.79 Å². The van der Waals surface area contributed by atoms with E-state index in [1.165, 1.54) is 38.5 Å². The smallest absolute Gasteiger partial charge is 0.321 e. The van der Waals surface area contributed by atoms with E-state index in [1.807, 2.05) is 23.1 Å². The second-order valence-electron chi connectivity index (χ2n) is 7.74. The summed E-state index contributed by atoms with van der Waals surface area (Å²) in [5.41, 5.74) is 2.00. The van der Waals surface area contributed by atoms with Crippen LogP contribution in [-0.2, 0) is 11.3 Å². The lowest BCUT2D eigenvalue weighted by Gasteiger charge is -2.27. The van der Waals surface area contributed by atoms with Gasteiger partial charge in [0, 0.05) is 18.8 Å². The molecule has 2 fully saturated rings. The highest BCUT2D eigenvalue weighted by molar-refractivity contribution is 5.89. The number of nitrogens with zero attached hydrogens (tertiary/aromatic N) is 1. The van der Waals surface area contributed by atoms with Crippen LogP contribution in [0.4, 0.5) is 10.5 Å². The van der Waals surface area contributed by atoms with Gasteiger partial charge in [-0.2, -0.15) is 0 Å². The Kier molecular flexibility index (Phi) is 6.74. The van der Waals surface area contributed by atoms with E-state index in [2.05, 4.69) is 18.3 Å². The molecule has 1 aliphatic carbocycles. The van der Waals surface area contributed by atoms with Crippen molar-refractivity contribution >= 4 is 11.7 Å². The van der Waals surface area contributed by atoms with Crippen molar-refractivity contribution in [3.8, 4) is 0 Å². The van der Waals surface area contributed by atoms with Crippen molar-refractivity contribution in [2.24, 2.45) is 5.92 Å². The Balaban J connectivity index is 1.51. The number of urea groups is 1. The van der Waals surface area contributed by atoms with Crippen molar-refractivity contribution in [1.29, 1.82) is 0 Å². The van der Waals surface area contributed by atoms with Crippen LogP contribution < -0.4 is 5.32 Å². The van der Waals surface area contributed by atoms with E-state index >= 15 is 0 Å². The van der Waals surface area contributed by atoms with Crippen molar-refractivity contribution in [3.05, 3.63) is 29.8 Å². The predicted octanol–water partition coefficient (Wildman–Crippen LogP) is 5.19. The zero-order valence-electron chi connectivity index (χ0n) is 15.5. The fourth-order valence-corrected chi connectivity index (χ4v) is 3.96. The molecule has 0 unspecified atom stereocenters. The highest BCUT2D eigenvalue weighted by atomic mass is 16.5. The van der Waals surface area contributed by atoms with Crippen molar-refractivity contribution in [1.82, 2.24) is 4.90 Å². The number of carbonyl (C=O) groups is 1. The van der Waals surface area contributed by atoms with Gasteiger partial charge in [0.15, 0.2) is 0 Å². The molecular weight excluding hydrogens is 312 g/mol. The third-order valence-corrected chi connectivity index (χ3v) is 5.45. The van der Waals surface area contributed by atoms with Crippen molar-refractivity contribution in [2.45, 2.75) is 71.0 Å². The monoisotopic (exact) mass is 344 g/mol. The lowest BCUT2D eigenvalue weighted by molar-refractivity contribution is 0.00468. The van der Waals surface area contributed by atoms with E-state index in [-0.39, 0.29) is 6.03 Å². The van der Waals surface area contributed by atoms with Gasteiger partial charge in [-0.3, -0.25) is 0 Å². The fourth-order valence-electron chi connectivity index (χ4n) is 3.96. The van der Waals surface area contributed by atoms with Gasteiger partial charge in [-0.15, -0.1) is 0 Å². The molecule has 1 aromatic rings. The van der Waals surface area contributed by atoms with Crippen LogP contribution >= 0.6 is 0 Å². The van der Waals surface area contributed by atoms with Gasteiger partial charge in [-0.1, -0.05) is 44.7 Å². The summed E-state index contributed by atoms with van der Waals surface area (Å²) in [5, 5.41) is 3.06. The number of rotatable bonds is 4. The zero-order chi connectivity index (χ0) is 17.5. The molecule has 1 aliphatic heterocycles. The number of benzene rings is 1. The molecule has 0 bridgehead atoms. The largest absolute Gasteiger partial charge is 0.374 e. The summed E-state index contributed by atoms with van der Waals surface area (Å²) in [5.74, 6) is 0.776. The molecule has 1 saturated carbocycles. The van der Waals surface area contributed by atoms with Crippen molar-refractivity contribution < 1.29 is 9.53 Å². The Hall–Kier alpha value is -1.55. The molecule has 3 rings (SSSR count). The molecule has 1 aromatic carbocycles. The van der Waals surface area contributed by atoms with E-state index in [0.717, 1.165) is 43.1 Å². The van der Waals surface area contributed by atoms with Gasteiger partial charge in [-0.05, 0) is 49.3 Å². The summed E-state index contributed by atoms with van der Waals surface area (Å²) in [4.78, 5) is 14.4. The van der Waals surface area contributed by atoms with Gasteiger partial charge in [0.25, 0.3) is 0 Å². The van der Waals surface area contributed by atoms with Crippen molar-refractivity contribution in [2.75, 3.05) is 18.4 Å². The summed E-state index contributed by atoms with van der Waals surface area (Å²) < 4.78 is 6.11. The van der Waals surface area contributed by atoms with Crippen LogP contribution in [-0.4, -0.2) is 30.1 Å². The third-order valence-electron chi connectivity index (χ3n) is 5.45. The third kappa shape index (κ3) is 5.74. The van der Waals surface area contributed by atoms with Crippen LogP contribution in [0.5, 0.6) is 0 Å². The van der Waals surface area contributed by atoms with E-state index in [0.29, 0.717) is 12.7 Å². The van der Waals surface area contributed by atoms with Crippen molar-refractivity contribution in [3.63, 3.8) is 0 Å². The second-order valence-corrected chi connectivity index (χ2v) is 7.74. The van der Waals surface area contributed by atoms with Gasteiger partial charge >= 0.3 is 6.03 Å². The van der Waals surface area contributed by atoms with Gasteiger partial charge in [0.1, 0.15) is 0 Å². The molecule has 0 spiro atoms. The summed E-state index contributed by atoms with van der Waals surface area (Å²) >= 11 is 0. The van der Waals surface area contributed by atoms with Crippen LogP contribution in [0, 0.1) is 5.92 Å². The lowest BCUT2D eigenvalue weighted by atomic mass is 9.89. The van der Waals surface area contributed by atoms with Crippen LogP contribution in [0.3, 0.4) is 0 Å². The number of likely N-dealkylation sites (tertiary alicyclic amines) is 1. The van der Waals surface area contributed by atoms with Crippen LogP contribution in [0.25, 0.3) is 0 Å². The molecule has 138 valence electrons. The van der Waals surface area contributed by atoms with Gasteiger partial charge < -0.3 is 15.0 Å². The van der Waals surface area contributed by atoms with E-state index in [9.17, 15) is 4.79 Å². The minimum absolute atomic E-state index is 0.0288. The van der Waals surface area contributed by atoms with Gasteiger partial charge in [0.05, 0.1) is 12.7 Å². The summed E-state index contributed by atoms with van der Waals surface area (Å²) in [6, 6.07) is 8.11. The Bertz CT molecular complexity index is 553. The maximum absolute atomic E-state index is 12.5. The SMILES string of the molecule is C[C@@H]1CCC[C@H](OCc2cccc(NC(=O)N3CCCCCC3)c2)C1. The molecule has 1 N–H and O–H groups in total.